The first kappa shape index (κ1) is 28.8. The molecule has 1 aliphatic rings. The van der Waals surface area contributed by atoms with Gasteiger partial charge in [0, 0.05) is 37.6 Å². The number of hydrogen-bond donors (Lipinski definition) is 1. The topological polar surface area (TPSA) is 84.9 Å². The number of ketones is 1. The molecular formula is C28H37FN2O5. The number of anilines is 1. The molecule has 1 amide bonds. The van der Waals surface area contributed by atoms with Gasteiger partial charge in [-0.15, -0.1) is 0 Å². The van der Waals surface area contributed by atoms with E-state index in [1.54, 1.807) is 25.1 Å². The van der Waals surface area contributed by atoms with E-state index in [1.165, 1.54) is 25.5 Å². The van der Waals surface area contributed by atoms with Crippen molar-refractivity contribution in [2.45, 2.75) is 65.2 Å². The van der Waals surface area contributed by atoms with Gasteiger partial charge >= 0.3 is 6.16 Å². The zero-order valence-corrected chi connectivity index (χ0v) is 22.7. The molecule has 0 heterocycles. The van der Waals surface area contributed by atoms with Crippen molar-refractivity contribution in [1.82, 2.24) is 4.90 Å². The summed E-state index contributed by atoms with van der Waals surface area (Å²) in [5.41, 5.74) is 0.737. The molecular weight excluding hydrogens is 463 g/mol. The molecule has 1 aliphatic carbocycles. The first-order chi connectivity index (χ1) is 16.6. The number of rotatable bonds is 6. The second kappa shape index (κ2) is 11.1. The van der Waals surface area contributed by atoms with Gasteiger partial charge in [0.25, 0.3) is 5.91 Å². The number of ether oxygens (including phenoxy) is 2. The number of Topliss-reactive ketones (excluding diaryl/α,β-unsaturated/α-hetero) is 1. The predicted molar refractivity (Wildman–Crippen MR) is 139 cm³/mol. The second-order valence-corrected chi connectivity index (χ2v) is 11.0. The molecule has 7 nitrogen and oxygen atoms in total. The molecule has 0 bridgehead atoms. The number of nitrogens with one attached hydrogen (secondary N) is 1. The summed E-state index contributed by atoms with van der Waals surface area (Å²) in [6, 6.07) is 3.45. The third kappa shape index (κ3) is 7.06. The van der Waals surface area contributed by atoms with E-state index in [0.29, 0.717) is 18.5 Å². The number of carbonyl (C=O) groups excluding carboxylic acids is 3. The van der Waals surface area contributed by atoms with Crippen LogP contribution in [0.25, 0.3) is 0 Å². The van der Waals surface area contributed by atoms with Gasteiger partial charge in [-0.3, -0.25) is 9.59 Å². The molecule has 0 spiro atoms. The van der Waals surface area contributed by atoms with E-state index >= 15 is 0 Å². The lowest BCUT2D eigenvalue weighted by Gasteiger charge is -2.29. The molecule has 0 atom stereocenters. The Morgan fingerprint density at radius 3 is 2.06 bits per heavy atom. The molecule has 0 aromatic heterocycles. The summed E-state index contributed by atoms with van der Waals surface area (Å²) in [6.45, 7) is 11.9. The van der Waals surface area contributed by atoms with Crippen LogP contribution in [0.1, 0.15) is 65.5 Å². The van der Waals surface area contributed by atoms with E-state index in [4.69, 9.17) is 4.74 Å². The van der Waals surface area contributed by atoms with Crippen molar-refractivity contribution in [2.75, 3.05) is 26.5 Å². The lowest BCUT2D eigenvalue weighted by atomic mass is 9.79. The standard InChI is InChI=1S/C28H37FN2O5/c1-27(2,3)19-14-20(28(4,5)6)23(36-26(34)35-9)15-22(19)30-25(33)18(16-31(7)8)24(32)17-12-10-11-13-21(17)29/h12-16H,10-11H2,1-9H3,(H,30,33)/b18-16-. The minimum absolute atomic E-state index is 0.127. The minimum atomic E-state index is -0.892. The minimum Gasteiger partial charge on any atom is -0.437 e. The highest BCUT2D eigenvalue weighted by Gasteiger charge is 2.30. The molecule has 0 fully saturated rings. The molecule has 0 saturated carbocycles. The van der Waals surface area contributed by atoms with Crippen LogP contribution in [-0.4, -0.2) is 44.0 Å². The number of hydrogen-bond acceptors (Lipinski definition) is 6. The fraction of sp³-hybridized carbons (Fsp3) is 0.464. The van der Waals surface area contributed by atoms with E-state index < -0.39 is 34.5 Å². The second-order valence-electron chi connectivity index (χ2n) is 11.0. The van der Waals surface area contributed by atoms with Gasteiger partial charge in [-0.2, -0.15) is 0 Å². The molecule has 0 saturated heterocycles. The quantitative estimate of drug-likeness (QED) is 0.171. The molecule has 36 heavy (non-hydrogen) atoms. The Kier molecular flexibility index (Phi) is 8.88. The van der Waals surface area contributed by atoms with Crippen LogP contribution in [0.4, 0.5) is 14.9 Å². The van der Waals surface area contributed by atoms with Crippen molar-refractivity contribution in [2.24, 2.45) is 0 Å². The van der Waals surface area contributed by atoms with E-state index in [-0.39, 0.29) is 16.9 Å². The van der Waals surface area contributed by atoms with Gasteiger partial charge < -0.3 is 19.7 Å². The van der Waals surface area contributed by atoms with Crippen LogP contribution in [0, 0.1) is 0 Å². The Hall–Kier alpha value is -3.42. The monoisotopic (exact) mass is 500 g/mol. The first-order valence-corrected chi connectivity index (χ1v) is 11.8. The van der Waals surface area contributed by atoms with Gasteiger partial charge in [0.2, 0.25) is 5.78 Å². The lowest BCUT2D eigenvalue weighted by molar-refractivity contribution is -0.118. The summed E-state index contributed by atoms with van der Waals surface area (Å²) < 4.78 is 24.5. The molecule has 8 heteroatoms. The molecule has 1 aromatic carbocycles. The third-order valence-electron chi connectivity index (χ3n) is 5.56. The molecule has 1 N–H and O–H groups in total. The first-order valence-electron chi connectivity index (χ1n) is 11.8. The van der Waals surface area contributed by atoms with E-state index in [9.17, 15) is 18.8 Å². The number of nitrogens with zero attached hydrogens (tertiary/aromatic N) is 1. The molecule has 2 rings (SSSR count). The van der Waals surface area contributed by atoms with Gasteiger partial charge in [-0.1, -0.05) is 47.6 Å². The van der Waals surface area contributed by atoms with Crippen LogP contribution in [0.2, 0.25) is 0 Å². The van der Waals surface area contributed by atoms with Crippen molar-refractivity contribution < 1.29 is 28.2 Å². The van der Waals surface area contributed by atoms with E-state index in [1.807, 2.05) is 47.6 Å². The van der Waals surface area contributed by atoms with Gasteiger partial charge in [0.05, 0.1) is 12.7 Å². The molecule has 0 aliphatic heterocycles. The molecule has 196 valence electrons. The van der Waals surface area contributed by atoms with Crippen molar-refractivity contribution in [1.29, 1.82) is 0 Å². The Balaban J connectivity index is 2.63. The van der Waals surface area contributed by atoms with Crippen LogP contribution in [0.5, 0.6) is 5.75 Å². The van der Waals surface area contributed by atoms with Crippen molar-refractivity contribution in [3.05, 3.63) is 58.6 Å². The average molecular weight is 501 g/mol. The summed E-state index contributed by atoms with van der Waals surface area (Å²) in [6.07, 6.45) is 4.35. The highest BCUT2D eigenvalue weighted by molar-refractivity contribution is 6.29. The van der Waals surface area contributed by atoms with Crippen LogP contribution in [0.3, 0.4) is 0 Å². The van der Waals surface area contributed by atoms with Crippen molar-refractivity contribution in [3.63, 3.8) is 0 Å². The van der Waals surface area contributed by atoms with Crippen LogP contribution >= 0.6 is 0 Å². The van der Waals surface area contributed by atoms with Crippen molar-refractivity contribution >= 4 is 23.5 Å². The SMILES string of the molecule is COC(=O)Oc1cc(NC(=O)/C(=C\N(C)C)C(=O)C2=CCCC=C2F)c(C(C)(C)C)cc1C(C)(C)C. The Labute approximate surface area is 213 Å². The number of benzene rings is 1. The summed E-state index contributed by atoms with van der Waals surface area (Å²) in [4.78, 5) is 40.2. The largest absolute Gasteiger partial charge is 0.513 e. The Morgan fingerprint density at radius 2 is 1.56 bits per heavy atom. The summed E-state index contributed by atoms with van der Waals surface area (Å²) in [5, 5.41) is 2.81. The Bertz CT molecular complexity index is 1130. The van der Waals surface area contributed by atoms with E-state index in [0.717, 1.165) is 11.1 Å². The maximum atomic E-state index is 14.4. The molecule has 0 unspecified atom stereocenters. The summed E-state index contributed by atoms with van der Waals surface area (Å²) in [5.74, 6) is -1.82. The fourth-order valence-electron chi connectivity index (χ4n) is 3.77. The molecule has 1 aromatic rings. The maximum Gasteiger partial charge on any atom is 0.513 e. The number of allylic oxidation sites excluding steroid dienone is 4. The normalized spacial score (nSPS) is 14.4. The van der Waals surface area contributed by atoms with Crippen LogP contribution < -0.4 is 10.1 Å². The number of carbonyl (C=O) groups is 3. The summed E-state index contributed by atoms with van der Waals surface area (Å²) >= 11 is 0. The average Bonchev–Trinajstić information content (AvgIpc) is 2.75. The van der Waals surface area contributed by atoms with Crippen LogP contribution in [0.15, 0.2) is 47.5 Å². The zero-order valence-electron chi connectivity index (χ0n) is 22.7. The van der Waals surface area contributed by atoms with E-state index in [2.05, 4.69) is 10.1 Å². The third-order valence-corrected chi connectivity index (χ3v) is 5.56. The maximum absolute atomic E-state index is 14.4. The number of amides is 1. The van der Waals surface area contributed by atoms with Gasteiger partial charge in [-0.25, -0.2) is 9.18 Å². The fourth-order valence-corrected chi connectivity index (χ4v) is 3.77. The van der Waals surface area contributed by atoms with Crippen LogP contribution in [-0.2, 0) is 25.2 Å². The van der Waals surface area contributed by atoms with Gasteiger partial charge in [0.15, 0.2) is 0 Å². The van der Waals surface area contributed by atoms with Gasteiger partial charge in [-0.05, 0) is 41.4 Å². The molecule has 0 radical (unpaired) electrons. The number of methoxy groups -OCH3 is 1. The highest BCUT2D eigenvalue weighted by atomic mass is 19.1. The Morgan fingerprint density at radius 1 is 0.972 bits per heavy atom. The zero-order chi connectivity index (χ0) is 27.4. The number of halogens is 1. The smallest absolute Gasteiger partial charge is 0.437 e. The predicted octanol–water partition coefficient (Wildman–Crippen LogP) is 5.95. The highest BCUT2D eigenvalue weighted by Crippen LogP contribution is 2.40. The summed E-state index contributed by atoms with van der Waals surface area (Å²) in [7, 11) is 4.55. The van der Waals surface area contributed by atoms with Gasteiger partial charge in [0.1, 0.15) is 17.1 Å². The van der Waals surface area contributed by atoms with Crippen molar-refractivity contribution in [3.8, 4) is 5.75 Å². The lowest BCUT2D eigenvalue weighted by Crippen LogP contribution is -2.27.